The highest BCUT2D eigenvalue weighted by atomic mass is 16.7. The number of aliphatic hydroxyl groups is 5. The van der Waals surface area contributed by atoms with Gasteiger partial charge >= 0.3 is 0 Å². The molecule has 9 heteroatoms. The summed E-state index contributed by atoms with van der Waals surface area (Å²) in [5.74, 6) is -0.176. The first kappa shape index (κ1) is 50.9. The van der Waals surface area contributed by atoms with Crippen molar-refractivity contribution in [3.8, 4) is 0 Å². The van der Waals surface area contributed by atoms with Gasteiger partial charge in [-0.05, 0) is 19.3 Å². The molecule has 7 atom stereocenters. The Morgan fingerprint density at radius 3 is 1.44 bits per heavy atom. The second-order valence-electron chi connectivity index (χ2n) is 16.2. The largest absolute Gasteiger partial charge is 0.394 e. The molecule has 1 aliphatic heterocycles. The quantitative estimate of drug-likeness (QED) is 0.0269. The van der Waals surface area contributed by atoms with Crippen molar-refractivity contribution in [3.63, 3.8) is 0 Å². The predicted octanol–water partition coefficient (Wildman–Crippen LogP) is 9.34. The van der Waals surface area contributed by atoms with E-state index >= 15 is 0 Å². The SMILES string of the molecule is CCCCCCCCC/C=C/[C@@H](O)[C@H](CO[C@@H]1O[C@H](CO)[C@@H](O)C(O)C1O)NC(=O)CCCCCCCCCCCCCCCCCCCCCCCC. The molecule has 1 fully saturated rings. The molecule has 54 heavy (non-hydrogen) atoms. The van der Waals surface area contributed by atoms with E-state index in [9.17, 15) is 30.3 Å². The van der Waals surface area contributed by atoms with Crippen LogP contribution >= 0.6 is 0 Å². The van der Waals surface area contributed by atoms with Gasteiger partial charge in [-0.2, -0.15) is 0 Å². The zero-order valence-corrected chi connectivity index (χ0v) is 35.0. The summed E-state index contributed by atoms with van der Waals surface area (Å²) in [6, 6.07) is -0.796. The number of ether oxygens (including phenoxy) is 2. The zero-order chi connectivity index (χ0) is 39.5. The van der Waals surface area contributed by atoms with Crippen LogP contribution in [0, 0.1) is 0 Å². The van der Waals surface area contributed by atoms with Crippen molar-refractivity contribution in [2.45, 2.75) is 256 Å². The van der Waals surface area contributed by atoms with Crippen LogP contribution in [0.25, 0.3) is 0 Å². The lowest BCUT2D eigenvalue weighted by Crippen LogP contribution is -2.60. The van der Waals surface area contributed by atoms with Crippen LogP contribution in [0.4, 0.5) is 0 Å². The summed E-state index contributed by atoms with van der Waals surface area (Å²) in [7, 11) is 0. The zero-order valence-electron chi connectivity index (χ0n) is 35.0. The lowest BCUT2D eigenvalue weighted by atomic mass is 9.99. The van der Waals surface area contributed by atoms with Crippen molar-refractivity contribution < 1.29 is 39.8 Å². The van der Waals surface area contributed by atoms with E-state index in [2.05, 4.69) is 19.2 Å². The Balaban J connectivity index is 2.23. The number of rotatable bonds is 38. The smallest absolute Gasteiger partial charge is 0.220 e. The van der Waals surface area contributed by atoms with E-state index in [1.54, 1.807) is 6.08 Å². The number of hydrogen-bond acceptors (Lipinski definition) is 8. The highest BCUT2D eigenvalue weighted by molar-refractivity contribution is 5.76. The first-order valence-electron chi connectivity index (χ1n) is 22.9. The van der Waals surface area contributed by atoms with Gasteiger partial charge in [0.2, 0.25) is 5.91 Å². The molecule has 1 aliphatic rings. The number of allylic oxidation sites excluding steroid dienone is 1. The topological polar surface area (TPSA) is 149 Å². The van der Waals surface area contributed by atoms with Gasteiger partial charge in [-0.25, -0.2) is 0 Å². The number of amides is 1. The van der Waals surface area contributed by atoms with Crippen LogP contribution in [-0.2, 0) is 14.3 Å². The van der Waals surface area contributed by atoms with Gasteiger partial charge in [0.25, 0.3) is 0 Å². The number of nitrogens with one attached hydrogen (secondary N) is 1. The lowest BCUT2D eigenvalue weighted by molar-refractivity contribution is -0.302. The molecule has 0 radical (unpaired) electrons. The molecule has 0 aromatic rings. The van der Waals surface area contributed by atoms with Gasteiger partial charge in [-0.15, -0.1) is 0 Å². The van der Waals surface area contributed by atoms with Crippen molar-refractivity contribution in [1.29, 1.82) is 0 Å². The maximum Gasteiger partial charge on any atom is 0.220 e. The first-order valence-corrected chi connectivity index (χ1v) is 22.9. The minimum absolute atomic E-state index is 0.176. The molecule has 0 aromatic heterocycles. The van der Waals surface area contributed by atoms with Crippen molar-refractivity contribution in [1.82, 2.24) is 5.32 Å². The Labute approximate surface area is 331 Å². The molecule has 0 aliphatic carbocycles. The minimum Gasteiger partial charge on any atom is -0.394 e. The molecule has 0 aromatic carbocycles. The monoisotopic (exact) mass is 770 g/mol. The maximum absolute atomic E-state index is 12.9. The fourth-order valence-corrected chi connectivity index (χ4v) is 7.39. The third kappa shape index (κ3) is 26.7. The molecule has 0 bridgehead atoms. The van der Waals surface area contributed by atoms with E-state index in [1.165, 1.54) is 154 Å². The normalized spacial score (nSPS) is 21.5. The number of carbonyl (C=O) groups is 1. The first-order chi connectivity index (χ1) is 26.3. The molecule has 320 valence electrons. The maximum atomic E-state index is 12.9. The van der Waals surface area contributed by atoms with Crippen molar-refractivity contribution in [2.24, 2.45) is 0 Å². The molecule has 1 heterocycles. The third-order valence-corrected chi connectivity index (χ3v) is 11.1. The van der Waals surface area contributed by atoms with E-state index < -0.39 is 49.5 Å². The van der Waals surface area contributed by atoms with Gasteiger partial charge in [-0.1, -0.05) is 199 Å². The summed E-state index contributed by atoms with van der Waals surface area (Å²) in [6.07, 6.45) is 34.2. The van der Waals surface area contributed by atoms with Gasteiger partial charge < -0.3 is 40.3 Å². The van der Waals surface area contributed by atoms with Crippen LogP contribution in [0.3, 0.4) is 0 Å². The third-order valence-electron chi connectivity index (χ3n) is 11.1. The van der Waals surface area contributed by atoms with Gasteiger partial charge in [0.05, 0.1) is 25.4 Å². The van der Waals surface area contributed by atoms with Crippen molar-refractivity contribution in [3.05, 3.63) is 12.2 Å². The summed E-state index contributed by atoms with van der Waals surface area (Å²) in [6.45, 7) is 3.75. The van der Waals surface area contributed by atoms with Crippen LogP contribution in [0.5, 0.6) is 0 Å². The summed E-state index contributed by atoms with van der Waals surface area (Å²) in [5.41, 5.74) is 0. The Morgan fingerprint density at radius 2 is 1.02 bits per heavy atom. The van der Waals surface area contributed by atoms with Crippen molar-refractivity contribution >= 4 is 5.91 Å². The Bertz CT molecular complexity index is 858. The van der Waals surface area contributed by atoms with Crippen LogP contribution in [-0.4, -0.2) is 87.5 Å². The molecule has 2 unspecified atom stereocenters. The second kappa shape index (κ2) is 36.3. The van der Waals surface area contributed by atoms with E-state index in [0.717, 1.165) is 38.5 Å². The molecule has 0 saturated carbocycles. The standard InChI is InChI=1S/C45H87NO8/c1-3-5-7-9-11-13-14-15-16-17-18-19-20-21-22-23-24-25-27-29-31-33-35-41(49)46-38(39(48)34-32-30-28-26-12-10-8-6-4-2)37-53-45-44(52)43(51)42(50)40(36-47)54-45/h32,34,38-40,42-45,47-48,50-52H,3-31,33,35-37H2,1-2H3,(H,46,49)/b34-32+/t38-,39+,40+,42+,43?,44?,45+/m0/s1. The van der Waals surface area contributed by atoms with E-state index in [1.807, 2.05) is 6.08 Å². The van der Waals surface area contributed by atoms with Crippen LogP contribution < -0.4 is 5.32 Å². The number of unbranched alkanes of at least 4 members (excludes halogenated alkanes) is 28. The minimum atomic E-state index is -1.56. The molecule has 1 rings (SSSR count). The van der Waals surface area contributed by atoms with Gasteiger partial charge in [0, 0.05) is 6.42 Å². The number of aliphatic hydroxyl groups excluding tert-OH is 5. The summed E-state index contributed by atoms with van der Waals surface area (Å²) >= 11 is 0. The van der Waals surface area contributed by atoms with E-state index in [-0.39, 0.29) is 12.5 Å². The molecular weight excluding hydrogens is 682 g/mol. The molecule has 6 N–H and O–H groups in total. The summed E-state index contributed by atoms with van der Waals surface area (Å²) < 4.78 is 11.2. The molecular formula is C45H87NO8. The van der Waals surface area contributed by atoms with Gasteiger partial charge in [0.15, 0.2) is 6.29 Å². The average Bonchev–Trinajstić information content (AvgIpc) is 3.17. The van der Waals surface area contributed by atoms with E-state index in [4.69, 9.17) is 9.47 Å². The Morgan fingerprint density at radius 1 is 0.611 bits per heavy atom. The van der Waals surface area contributed by atoms with Crippen LogP contribution in [0.1, 0.15) is 213 Å². The molecule has 1 amide bonds. The fourth-order valence-electron chi connectivity index (χ4n) is 7.39. The van der Waals surface area contributed by atoms with Crippen LogP contribution in [0.15, 0.2) is 12.2 Å². The number of hydrogen-bond donors (Lipinski definition) is 6. The molecule has 0 spiro atoms. The number of carbonyl (C=O) groups excluding carboxylic acids is 1. The average molecular weight is 770 g/mol. The van der Waals surface area contributed by atoms with Crippen molar-refractivity contribution in [2.75, 3.05) is 13.2 Å². The second-order valence-corrected chi connectivity index (χ2v) is 16.2. The van der Waals surface area contributed by atoms with Gasteiger partial charge in [-0.3, -0.25) is 4.79 Å². The molecule has 1 saturated heterocycles. The van der Waals surface area contributed by atoms with E-state index in [0.29, 0.717) is 6.42 Å². The fraction of sp³-hybridized carbons (Fsp3) is 0.933. The highest BCUT2D eigenvalue weighted by Crippen LogP contribution is 2.23. The van der Waals surface area contributed by atoms with Crippen LogP contribution in [0.2, 0.25) is 0 Å². The predicted molar refractivity (Wildman–Crippen MR) is 221 cm³/mol. The summed E-state index contributed by atoms with van der Waals surface area (Å²) in [4.78, 5) is 12.9. The Kier molecular flexibility index (Phi) is 34.2. The highest BCUT2D eigenvalue weighted by Gasteiger charge is 2.44. The molecule has 9 nitrogen and oxygen atoms in total. The van der Waals surface area contributed by atoms with Gasteiger partial charge in [0.1, 0.15) is 24.4 Å². The summed E-state index contributed by atoms with van der Waals surface area (Å²) in [5, 5.41) is 54.0. The Hall–Kier alpha value is -1.07. The lowest BCUT2D eigenvalue weighted by Gasteiger charge is -2.40.